The van der Waals surface area contributed by atoms with E-state index < -0.39 is 6.10 Å². The maximum Gasteiger partial charge on any atom is 0.228 e. The Bertz CT molecular complexity index is 251. The van der Waals surface area contributed by atoms with Gasteiger partial charge in [0, 0.05) is 25.6 Å². The van der Waals surface area contributed by atoms with Crippen molar-refractivity contribution in [3.8, 4) is 0 Å². The highest BCUT2D eigenvalue weighted by Crippen LogP contribution is 2.46. The lowest BCUT2D eigenvalue weighted by atomic mass is 10.1. The van der Waals surface area contributed by atoms with Gasteiger partial charge in [0.05, 0.1) is 12.1 Å². The molecule has 0 unspecified atom stereocenters. The van der Waals surface area contributed by atoms with Crippen LogP contribution in [0.5, 0.6) is 0 Å². The van der Waals surface area contributed by atoms with E-state index in [9.17, 15) is 9.90 Å². The fourth-order valence-corrected chi connectivity index (χ4v) is 2.02. The Morgan fingerprint density at radius 2 is 2.14 bits per heavy atom. The average Bonchev–Trinajstić information content (AvgIpc) is 2.75. The molecule has 1 saturated heterocycles. The third-order valence-corrected chi connectivity index (χ3v) is 3.49. The van der Waals surface area contributed by atoms with E-state index in [4.69, 9.17) is 0 Å². The van der Waals surface area contributed by atoms with Crippen LogP contribution >= 0.6 is 0 Å². The molecule has 1 aliphatic heterocycles. The molecule has 1 saturated carbocycles. The van der Waals surface area contributed by atoms with Crippen molar-refractivity contribution in [2.75, 3.05) is 20.1 Å². The highest BCUT2D eigenvalue weighted by molar-refractivity contribution is 5.85. The lowest BCUT2D eigenvalue weighted by Gasteiger charge is -2.28. The summed E-state index contributed by atoms with van der Waals surface area (Å²) in [7, 11) is 1.80. The highest BCUT2D eigenvalue weighted by Gasteiger charge is 2.48. The molecule has 0 spiro atoms. The first kappa shape index (κ1) is 9.93. The molecule has 2 N–H and O–H groups in total. The molecule has 0 aromatic carbocycles. The second-order valence-electron chi connectivity index (χ2n) is 4.77. The quantitative estimate of drug-likeness (QED) is 0.633. The van der Waals surface area contributed by atoms with Gasteiger partial charge in [0.25, 0.3) is 0 Å². The number of nitrogens with zero attached hydrogens (tertiary/aromatic N) is 1. The van der Waals surface area contributed by atoms with Gasteiger partial charge in [0.15, 0.2) is 0 Å². The van der Waals surface area contributed by atoms with Gasteiger partial charge in [0.1, 0.15) is 0 Å². The number of carbonyl (C=O) groups is 1. The predicted octanol–water partition coefficient (Wildman–Crippen LogP) is -0.422. The third kappa shape index (κ3) is 1.53. The Morgan fingerprint density at radius 1 is 1.50 bits per heavy atom. The Hall–Kier alpha value is -0.610. The summed E-state index contributed by atoms with van der Waals surface area (Å²) >= 11 is 0. The highest BCUT2D eigenvalue weighted by atomic mass is 16.3. The molecule has 4 nitrogen and oxygen atoms in total. The number of hydrogen-bond acceptors (Lipinski definition) is 3. The fraction of sp³-hybridized carbons (Fsp3) is 0.900. The SMILES string of the molecule is CN(C(=O)C1(C)CC1)[C@H]1CNC[C@@H]1O. The first-order valence-corrected chi connectivity index (χ1v) is 5.21. The predicted molar refractivity (Wildman–Crippen MR) is 52.8 cm³/mol. The molecule has 2 fully saturated rings. The largest absolute Gasteiger partial charge is 0.390 e. The normalized spacial score (nSPS) is 34.2. The van der Waals surface area contributed by atoms with Gasteiger partial charge in [-0.2, -0.15) is 0 Å². The van der Waals surface area contributed by atoms with Crippen molar-refractivity contribution in [1.82, 2.24) is 10.2 Å². The van der Waals surface area contributed by atoms with E-state index in [1.54, 1.807) is 11.9 Å². The molecule has 2 aliphatic rings. The van der Waals surface area contributed by atoms with Gasteiger partial charge in [-0.15, -0.1) is 0 Å². The standard InChI is InChI=1S/C10H18N2O2/c1-10(3-4-10)9(14)12(2)7-5-11-6-8(7)13/h7-8,11,13H,3-6H2,1-2H3/t7-,8-/m0/s1. The molecule has 80 valence electrons. The topological polar surface area (TPSA) is 52.6 Å². The van der Waals surface area contributed by atoms with Crippen molar-refractivity contribution in [1.29, 1.82) is 0 Å². The molecule has 2 atom stereocenters. The summed E-state index contributed by atoms with van der Waals surface area (Å²) in [5.74, 6) is 0.185. The number of amides is 1. The summed E-state index contributed by atoms with van der Waals surface area (Å²) in [6.45, 7) is 3.30. The van der Waals surface area contributed by atoms with Crippen molar-refractivity contribution < 1.29 is 9.90 Å². The average molecular weight is 198 g/mol. The first-order valence-electron chi connectivity index (χ1n) is 5.21. The molecule has 14 heavy (non-hydrogen) atoms. The van der Waals surface area contributed by atoms with Crippen LogP contribution in [0.4, 0.5) is 0 Å². The number of likely N-dealkylation sites (N-methyl/N-ethyl adjacent to an activating group) is 1. The van der Waals surface area contributed by atoms with Gasteiger partial charge in [0.2, 0.25) is 5.91 Å². The minimum absolute atomic E-state index is 0.0417. The summed E-state index contributed by atoms with van der Waals surface area (Å²) in [6, 6.07) is -0.0417. The van der Waals surface area contributed by atoms with Gasteiger partial charge in [-0.05, 0) is 12.8 Å². The molecule has 0 radical (unpaired) electrons. The summed E-state index contributed by atoms with van der Waals surface area (Å²) in [5.41, 5.74) is -0.128. The van der Waals surface area contributed by atoms with Crippen LogP contribution in [-0.2, 0) is 4.79 Å². The molecule has 1 aliphatic carbocycles. The van der Waals surface area contributed by atoms with Crippen LogP contribution < -0.4 is 5.32 Å². The molecule has 4 heteroatoms. The summed E-state index contributed by atoms with van der Waals surface area (Å²) in [6.07, 6.45) is 1.57. The van der Waals surface area contributed by atoms with Crippen LogP contribution in [-0.4, -0.2) is 48.2 Å². The number of β-amino-alcohol motifs (C(OH)–C–C–N with tert-alkyl or cyclic N) is 1. The van der Waals surface area contributed by atoms with E-state index in [0.29, 0.717) is 13.1 Å². The number of aliphatic hydroxyl groups is 1. The van der Waals surface area contributed by atoms with Crippen molar-refractivity contribution >= 4 is 5.91 Å². The van der Waals surface area contributed by atoms with Crippen molar-refractivity contribution in [3.63, 3.8) is 0 Å². The van der Waals surface area contributed by atoms with E-state index in [0.717, 1.165) is 12.8 Å². The van der Waals surface area contributed by atoms with E-state index in [1.807, 2.05) is 6.92 Å². The van der Waals surface area contributed by atoms with Crippen LogP contribution in [0, 0.1) is 5.41 Å². The summed E-state index contributed by atoms with van der Waals surface area (Å²) in [4.78, 5) is 13.7. The molecular formula is C10H18N2O2. The molecule has 1 heterocycles. The second kappa shape index (κ2) is 3.21. The zero-order chi connectivity index (χ0) is 10.3. The monoisotopic (exact) mass is 198 g/mol. The summed E-state index contributed by atoms with van der Waals surface area (Å²) in [5, 5.41) is 12.7. The number of carbonyl (C=O) groups excluding carboxylic acids is 1. The molecule has 2 rings (SSSR count). The van der Waals surface area contributed by atoms with Crippen LogP contribution in [0.2, 0.25) is 0 Å². The van der Waals surface area contributed by atoms with Crippen molar-refractivity contribution in [2.45, 2.75) is 31.9 Å². The van der Waals surface area contributed by atoms with Crippen LogP contribution in [0.25, 0.3) is 0 Å². The zero-order valence-electron chi connectivity index (χ0n) is 8.79. The van der Waals surface area contributed by atoms with Crippen LogP contribution in [0.3, 0.4) is 0 Å². The molecule has 1 amide bonds. The van der Waals surface area contributed by atoms with Gasteiger partial charge >= 0.3 is 0 Å². The molecular weight excluding hydrogens is 180 g/mol. The zero-order valence-corrected chi connectivity index (χ0v) is 8.79. The van der Waals surface area contributed by atoms with E-state index in [1.165, 1.54) is 0 Å². The van der Waals surface area contributed by atoms with E-state index in [2.05, 4.69) is 5.32 Å². The van der Waals surface area contributed by atoms with Crippen molar-refractivity contribution in [3.05, 3.63) is 0 Å². The van der Waals surface area contributed by atoms with Crippen LogP contribution in [0.15, 0.2) is 0 Å². The number of hydrogen-bond donors (Lipinski definition) is 2. The maximum atomic E-state index is 11.9. The van der Waals surface area contributed by atoms with Gasteiger partial charge in [-0.25, -0.2) is 0 Å². The lowest BCUT2D eigenvalue weighted by Crippen LogP contribution is -2.46. The Kier molecular flexibility index (Phi) is 2.27. The lowest BCUT2D eigenvalue weighted by molar-refractivity contribution is -0.138. The van der Waals surface area contributed by atoms with Gasteiger partial charge in [-0.1, -0.05) is 6.92 Å². The van der Waals surface area contributed by atoms with Gasteiger partial charge in [-0.3, -0.25) is 4.79 Å². The van der Waals surface area contributed by atoms with Crippen LogP contribution in [0.1, 0.15) is 19.8 Å². The molecule has 0 bridgehead atoms. The molecule has 0 aromatic heterocycles. The maximum absolute atomic E-state index is 11.9. The van der Waals surface area contributed by atoms with E-state index >= 15 is 0 Å². The number of aliphatic hydroxyl groups excluding tert-OH is 1. The summed E-state index contributed by atoms with van der Waals surface area (Å²) < 4.78 is 0. The van der Waals surface area contributed by atoms with E-state index in [-0.39, 0.29) is 17.4 Å². The number of rotatable bonds is 2. The minimum Gasteiger partial charge on any atom is -0.390 e. The fourth-order valence-electron chi connectivity index (χ4n) is 2.02. The smallest absolute Gasteiger partial charge is 0.228 e. The van der Waals surface area contributed by atoms with Crippen molar-refractivity contribution in [2.24, 2.45) is 5.41 Å². The molecule has 0 aromatic rings. The Morgan fingerprint density at radius 3 is 2.57 bits per heavy atom. The minimum atomic E-state index is -0.411. The van der Waals surface area contributed by atoms with Gasteiger partial charge < -0.3 is 15.3 Å². The Balaban J connectivity index is 2.00. The Labute approximate surface area is 84.3 Å². The third-order valence-electron chi connectivity index (χ3n) is 3.49. The number of nitrogens with one attached hydrogen (secondary N) is 1. The first-order chi connectivity index (χ1) is 6.54. The second-order valence-corrected chi connectivity index (χ2v) is 4.77.